The number of carbonyl (C=O) groups excluding carboxylic acids is 1. The first-order valence-electron chi connectivity index (χ1n) is 7.69. The highest BCUT2D eigenvalue weighted by molar-refractivity contribution is 5.97. The molecule has 23 heavy (non-hydrogen) atoms. The van der Waals surface area contributed by atoms with Gasteiger partial charge in [0.15, 0.2) is 0 Å². The van der Waals surface area contributed by atoms with Gasteiger partial charge in [-0.25, -0.2) is 0 Å². The molecule has 0 aliphatic carbocycles. The Morgan fingerprint density at radius 2 is 2.04 bits per heavy atom. The fourth-order valence-electron chi connectivity index (χ4n) is 2.75. The Labute approximate surface area is 134 Å². The molecule has 0 aliphatic rings. The summed E-state index contributed by atoms with van der Waals surface area (Å²) in [5.74, 6) is -0.288. The van der Waals surface area contributed by atoms with Crippen molar-refractivity contribution in [3.63, 3.8) is 0 Å². The van der Waals surface area contributed by atoms with E-state index in [1.807, 2.05) is 55.5 Å². The van der Waals surface area contributed by atoms with Crippen molar-refractivity contribution in [1.82, 2.24) is 10.2 Å². The molecular weight excluding hydrogens is 288 g/mol. The van der Waals surface area contributed by atoms with Crippen LogP contribution in [0.15, 0.2) is 48.5 Å². The highest BCUT2D eigenvalue weighted by Crippen LogP contribution is 2.24. The number of amides is 1. The number of aromatic amines is 1. The summed E-state index contributed by atoms with van der Waals surface area (Å²) in [6, 6.07) is 15.4. The van der Waals surface area contributed by atoms with Gasteiger partial charge in [-0.05, 0) is 43.7 Å². The van der Waals surface area contributed by atoms with Gasteiger partial charge in [0.25, 0.3) is 0 Å². The molecule has 3 aromatic rings. The molecule has 3 rings (SSSR count). The molecule has 1 heterocycles. The van der Waals surface area contributed by atoms with E-state index in [0.29, 0.717) is 13.0 Å². The summed E-state index contributed by atoms with van der Waals surface area (Å²) in [4.78, 5) is 12.7. The second-order valence-corrected chi connectivity index (χ2v) is 5.61. The number of nitrogens with zero attached hydrogens (tertiary/aromatic N) is 1. The van der Waals surface area contributed by atoms with Gasteiger partial charge >= 0.3 is 0 Å². The van der Waals surface area contributed by atoms with Gasteiger partial charge < -0.3 is 11.1 Å². The number of anilines is 1. The Morgan fingerprint density at radius 1 is 1.26 bits per heavy atom. The van der Waals surface area contributed by atoms with Crippen molar-refractivity contribution < 1.29 is 4.79 Å². The summed E-state index contributed by atoms with van der Waals surface area (Å²) >= 11 is 0. The third-order valence-corrected chi connectivity index (χ3v) is 3.99. The van der Waals surface area contributed by atoms with Crippen LogP contribution in [-0.4, -0.2) is 22.6 Å². The number of hydrogen-bond donors (Lipinski definition) is 3. The molecule has 0 unspecified atom stereocenters. The smallest absolute Gasteiger partial charge is 0.231 e. The number of hydrogen-bond acceptors (Lipinski definition) is 3. The van der Waals surface area contributed by atoms with Crippen LogP contribution in [-0.2, 0) is 4.79 Å². The number of H-pyrrole nitrogens is 1. The topological polar surface area (TPSA) is 83.8 Å². The maximum absolute atomic E-state index is 12.7. The van der Waals surface area contributed by atoms with Gasteiger partial charge in [-0.1, -0.05) is 30.3 Å². The largest absolute Gasteiger partial charge is 0.330 e. The van der Waals surface area contributed by atoms with Gasteiger partial charge in [0.1, 0.15) is 0 Å². The summed E-state index contributed by atoms with van der Waals surface area (Å²) in [5.41, 5.74) is 9.31. The predicted molar refractivity (Wildman–Crippen MR) is 92.3 cm³/mol. The second kappa shape index (κ2) is 6.62. The average Bonchev–Trinajstić information content (AvgIpc) is 2.94. The minimum atomic E-state index is -0.248. The van der Waals surface area contributed by atoms with Crippen LogP contribution in [0, 0.1) is 6.92 Å². The zero-order valence-corrected chi connectivity index (χ0v) is 13.0. The molecule has 0 spiro atoms. The van der Waals surface area contributed by atoms with Gasteiger partial charge in [-0.3, -0.25) is 9.89 Å². The predicted octanol–water partition coefficient (Wildman–Crippen LogP) is 2.94. The van der Waals surface area contributed by atoms with Crippen LogP contribution in [0.4, 0.5) is 5.69 Å². The molecule has 0 fully saturated rings. The number of benzene rings is 2. The summed E-state index contributed by atoms with van der Waals surface area (Å²) in [5, 5.41) is 11.2. The molecule has 2 aromatic carbocycles. The van der Waals surface area contributed by atoms with Crippen LogP contribution in [0.3, 0.4) is 0 Å². The third kappa shape index (κ3) is 3.24. The maximum Gasteiger partial charge on any atom is 0.231 e. The summed E-state index contributed by atoms with van der Waals surface area (Å²) in [7, 11) is 0. The standard InChI is InChI=1S/C18H20N4O/c1-12-16-11-14(7-8-17(16)22-21-12)20-18(23)15(9-10-19)13-5-3-2-4-6-13/h2-8,11,15H,9-10,19H2,1H3,(H,20,23)(H,21,22)/t15-/m0/s1. The minimum absolute atomic E-state index is 0.0397. The van der Waals surface area contributed by atoms with Crippen LogP contribution in [0.2, 0.25) is 0 Å². The molecule has 0 bridgehead atoms. The van der Waals surface area contributed by atoms with Crippen molar-refractivity contribution in [2.75, 3.05) is 11.9 Å². The Balaban J connectivity index is 1.84. The molecule has 4 N–H and O–H groups in total. The van der Waals surface area contributed by atoms with E-state index in [2.05, 4.69) is 15.5 Å². The first kappa shape index (κ1) is 15.2. The fraction of sp³-hybridized carbons (Fsp3) is 0.222. The van der Waals surface area contributed by atoms with Crippen molar-refractivity contribution in [3.8, 4) is 0 Å². The van der Waals surface area contributed by atoms with E-state index >= 15 is 0 Å². The van der Waals surface area contributed by atoms with E-state index in [0.717, 1.165) is 27.8 Å². The second-order valence-electron chi connectivity index (χ2n) is 5.61. The van der Waals surface area contributed by atoms with E-state index in [9.17, 15) is 4.79 Å². The molecule has 0 saturated heterocycles. The number of rotatable bonds is 5. The van der Waals surface area contributed by atoms with Crippen LogP contribution in [0.25, 0.3) is 10.9 Å². The monoisotopic (exact) mass is 308 g/mol. The first-order chi connectivity index (χ1) is 11.2. The van der Waals surface area contributed by atoms with E-state index in [1.165, 1.54) is 0 Å². The van der Waals surface area contributed by atoms with Crippen molar-refractivity contribution >= 4 is 22.5 Å². The van der Waals surface area contributed by atoms with Gasteiger partial charge in [0.05, 0.1) is 11.4 Å². The molecule has 5 nitrogen and oxygen atoms in total. The fourth-order valence-corrected chi connectivity index (χ4v) is 2.75. The van der Waals surface area contributed by atoms with Crippen LogP contribution < -0.4 is 11.1 Å². The van der Waals surface area contributed by atoms with Gasteiger partial charge in [0, 0.05) is 16.8 Å². The third-order valence-electron chi connectivity index (χ3n) is 3.99. The number of nitrogens with two attached hydrogens (primary N) is 1. The number of nitrogens with one attached hydrogen (secondary N) is 2. The molecule has 5 heteroatoms. The van der Waals surface area contributed by atoms with E-state index in [4.69, 9.17) is 5.73 Å². The lowest BCUT2D eigenvalue weighted by Crippen LogP contribution is -2.23. The number of aromatic nitrogens is 2. The van der Waals surface area contributed by atoms with Crippen LogP contribution >= 0.6 is 0 Å². The summed E-state index contributed by atoms with van der Waals surface area (Å²) in [6.45, 7) is 2.43. The van der Waals surface area contributed by atoms with E-state index < -0.39 is 0 Å². The molecule has 0 saturated carbocycles. The SMILES string of the molecule is Cc1[nH]nc2ccc(NC(=O)[C@@H](CCN)c3ccccc3)cc12. The Hall–Kier alpha value is -2.66. The van der Waals surface area contributed by atoms with Crippen molar-refractivity contribution in [3.05, 3.63) is 59.8 Å². The summed E-state index contributed by atoms with van der Waals surface area (Å²) in [6.07, 6.45) is 0.614. The van der Waals surface area contributed by atoms with Gasteiger partial charge in [-0.2, -0.15) is 5.10 Å². The van der Waals surface area contributed by atoms with Crippen molar-refractivity contribution in [2.45, 2.75) is 19.3 Å². The highest BCUT2D eigenvalue weighted by atomic mass is 16.1. The molecule has 0 aliphatic heterocycles. The van der Waals surface area contributed by atoms with E-state index in [1.54, 1.807) is 0 Å². The van der Waals surface area contributed by atoms with Crippen molar-refractivity contribution in [1.29, 1.82) is 0 Å². The molecule has 0 radical (unpaired) electrons. The molecule has 1 amide bonds. The lowest BCUT2D eigenvalue weighted by atomic mass is 9.94. The normalized spacial score (nSPS) is 12.3. The van der Waals surface area contributed by atoms with Gasteiger partial charge in [-0.15, -0.1) is 0 Å². The highest BCUT2D eigenvalue weighted by Gasteiger charge is 2.20. The maximum atomic E-state index is 12.7. The Kier molecular flexibility index (Phi) is 4.39. The Morgan fingerprint density at radius 3 is 2.78 bits per heavy atom. The van der Waals surface area contributed by atoms with Crippen LogP contribution in [0.1, 0.15) is 23.6 Å². The Bertz CT molecular complexity index is 810. The zero-order chi connectivity index (χ0) is 16.2. The van der Waals surface area contributed by atoms with E-state index in [-0.39, 0.29) is 11.8 Å². The quantitative estimate of drug-likeness (QED) is 0.677. The molecule has 1 aromatic heterocycles. The lowest BCUT2D eigenvalue weighted by Gasteiger charge is -2.16. The molecular formula is C18H20N4O. The average molecular weight is 308 g/mol. The van der Waals surface area contributed by atoms with Crippen molar-refractivity contribution in [2.24, 2.45) is 5.73 Å². The first-order valence-corrected chi connectivity index (χ1v) is 7.69. The lowest BCUT2D eigenvalue weighted by molar-refractivity contribution is -0.117. The zero-order valence-electron chi connectivity index (χ0n) is 13.0. The number of carbonyl (C=O) groups is 1. The molecule has 1 atom stereocenters. The number of aryl methyl sites for hydroxylation is 1. The molecule has 118 valence electrons. The van der Waals surface area contributed by atoms with Gasteiger partial charge in [0.2, 0.25) is 5.91 Å². The van der Waals surface area contributed by atoms with Crippen LogP contribution in [0.5, 0.6) is 0 Å². The minimum Gasteiger partial charge on any atom is -0.330 e. The summed E-state index contributed by atoms with van der Waals surface area (Å²) < 4.78 is 0. The number of fused-ring (bicyclic) bond motifs is 1.